The number of nitrogens with one attached hydrogen (secondary N) is 2. The first kappa shape index (κ1) is 22.7. The van der Waals surface area contributed by atoms with E-state index >= 15 is 0 Å². The maximum Gasteiger partial charge on any atom is 0.253 e. The Kier molecular flexibility index (Phi) is 7.52. The molecule has 1 fully saturated rings. The van der Waals surface area contributed by atoms with Gasteiger partial charge in [-0.3, -0.25) is 9.69 Å². The van der Waals surface area contributed by atoms with Crippen LogP contribution < -0.4 is 10.0 Å². The predicted octanol–water partition coefficient (Wildman–Crippen LogP) is 3.42. The first-order valence-corrected chi connectivity index (χ1v) is 12.0. The first-order valence-electron chi connectivity index (χ1n) is 10.1. The second kappa shape index (κ2) is 9.92. The third kappa shape index (κ3) is 6.04. The predicted molar refractivity (Wildman–Crippen MR) is 119 cm³/mol. The van der Waals surface area contributed by atoms with Crippen molar-refractivity contribution in [2.75, 3.05) is 13.1 Å². The first-order chi connectivity index (χ1) is 14.2. The molecular weight excluding hydrogens is 422 g/mol. The van der Waals surface area contributed by atoms with Crippen molar-refractivity contribution in [2.45, 2.75) is 50.2 Å². The Bertz CT molecular complexity index is 972. The van der Waals surface area contributed by atoms with Gasteiger partial charge in [-0.25, -0.2) is 13.1 Å². The van der Waals surface area contributed by atoms with Gasteiger partial charge in [0.2, 0.25) is 10.0 Å². The molecule has 0 aromatic heterocycles. The summed E-state index contributed by atoms with van der Waals surface area (Å²) in [6, 6.07) is 14.3. The van der Waals surface area contributed by atoms with Gasteiger partial charge in [-0.05, 0) is 50.5 Å². The molecule has 2 aromatic carbocycles. The lowest BCUT2D eigenvalue weighted by molar-refractivity contribution is 0.0909. The fourth-order valence-electron chi connectivity index (χ4n) is 3.56. The third-order valence-corrected chi connectivity index (χ3v) is 7.04. The Morgan fingerprint density at radius 2 is 1.80 bits per heavy atom. The van der Waals surface area contributed by atoms with Crippen LogP contribution in [-0.2, 0) is 16.6 Å². The van der Waals surface area contributed by atoms with Crippen LogP contribution in [-0.4, -0.2) is 44.4 Å². The van der Waals surface area contributed by atoms with Crippen molar-refractivity contribution in [3.63, 3.8) is 0 Å². The summed E-state index contributed by atoms with van der Waals surface area (Å²) in [4.78, 5) is 15.2. The summed E-state index contributed by atoms with van der Waals surface area (Å²) in [7, 11) is -3.70. The maximum atomic E-state index is 12.8. The van der Waals surface area contributed by atoms with Crippen LogP contribution in [0.4, 0.5) is 0 Å². The molecule has 0 radical (unpaired) electrons. The average molecular weight is 450 g/mol. The maximum absolute atomic E-state index is 12.8. The van der Waals surface area contributed by atoms with E-state index in [2.05, 4.69) is 27.1 Å². The molecule has 1 heterocycles. The SMILES string of the molecule is CC(C)NS(=O)(=O)c1ccc(Cl)c(C(=O)NC2CCN(Cc3ccccc3)CC2)c1. The van der Waals surface area contributed by atoms with E-state index in [0.717, 1.165) is 32.5 Å². The lowest BCUT2D eigenvalue weighted by atomic mass is 10.0. The molecule has 6 nitrogen and oxygen atoms in total. The summed E-state index contributed by atoms with van der Waals surface area (Å²) in [5.74, 6) is -0.344. The molecule has 0 unspecified atom stereocenters. The number of benzene rings is 2. The van der Waals surface area contributed by atoms with E-state index in [9.17, 15) is 13.2 Å². The molecule has 1 aliphatic rings. The van der Waals surface area contributed by atoms with Gasteiger partial charge in [0.05, 0.1) is 15.5 Å². The van der Waals surface area contributed by atoms with E-state index in [1.807, 2.05) is 18.2 Å². The lowest BCUT2D eigenvalue weighted by Crippen LogP contribution is -2.44. The summed E-state index contributed by atoms with van der Waals surface area (Å²) in [5.41, 5.74) is 1.45. The van der Waals surface area contributed by atoms with Crippen molar-refractivity contribution >= 4 is 27.5 Å². The van der Waals surface area contributed by atoms with Gasteiger partial charge < -0.3 is 5.32 Å². The Morgan fingerprint density at radius 1 is 1.13 bits per heavy atom. The van der Waals surface area contributed by atoms with Gasteiger partial charge in [0.1, 0.15) is 0 Å². The van der Waals surface area contributed by atoms with Crippen LogP contribution in [0.3, 0.4) is 0 Å². The zero-order chi connectivity index (χ0) is 21.7. The van der Waals surface area contributed by atoms with Crippen LogP contribution >= 0.6 is 11.6 Å². The zero-order valence-corrected chi connectivity index (χ0v) is 18.8. The van der Waals surface area contributed by atoms with Crippen molar-refractivity contribution < 1.29 is 13.2 Å². The molecule has 0 bridgehead atoms. The molecule has 8 heteroatoms. The molecule has 3 rings (SSSR count). The van der Waals surface area contributed by atoms with Crippen LogP contribution in [0.5, 0.6) is 0 Å². The Hall–Kier alpha value is -1.93. The number of likely N-dealkylation sites (tertiary alicyclic amines) is 1. The number of hydrogen-bond donors (Lipinski definition) is 2. The van der Waals surface area contributed by atoms with Crippen molar-refractivity contribution in [3.8, 4) is 0 Å². The lowest BCUT2D eigenvalue weighted by Gasteiger charge is -2.32. The van der Waals surface area contributed by atoms with E-state index in [0.29, 0.717) is 0 Å². The Labute approximate surface area is 183 Å². The number of sulfonamides is 1. The molecule has 0 atom stereocenters. The van der Waals surface area contributed by atoms with E-state index in [4.69, 9.17) is 11.6 Å². The number of rotatable bonds is 7. The Balaban J connectivity index is 1.60. The molecule has 1 amide bonds. The largest absolute Gasteiger partial charge is 0.349 e. The summed E-state index contributed by atoms with van der Waals surface area (Å²) < 4.78 is 27.3. The number of halogens is 1. The van der Waals surface area contributed by atoms with Crippen LogP contribution in [0.15, 0.2) is 53.4 Å². The molecule has 0 spiro atoms. The number of carbonyl (C=O) groups is 1. The van der Waals surface area contributed by atoms with Crippen molar-refractivity contribution in [1.82, 2.24) is 14.9 Å². The molecule has 30 heavy (non-hydrogen) atoms. The van der Waals surface area contributed by atoms with Gasteiger partial charge in [-0.2, -0.15) is 0 Å². The molecule has 0 aliphatic carbocycles. The average Bonchev–Trinajstić information content (AvgIpc) is 2.69. The van der Waals surface area contributed by atoms with Gasteiger partial charge in [-0.15, -0.1) is 0 Å². The molecule has 162 valence electrons. The van der Waals surface area contributed by atoms with Crippen molar-refractivity contribution in [2.24, 2.45) is 0 Å². The smallest absolute Gasteiger partial charge is 0.253 e. The second-order valence-electron chi connectivity index (χ2n) is 7.93. The van der Waals surface area contributed by atoms with Gasteiger partial charge >= 0.3 is 0 Å². The highest BCUT2D eigenvalue weighted by Crippen LogP contribution is 2.22. The number of amides is 1. The fraction of sp³-hybridized carbons (Fsp3) is 0.409. The van der Waals surface area contributed by atoms with Crippen molar-refractivity contribution in [1.29, 1.82) is 0 Å². The minimum absolute atomic E-state index is 0.0310. The van der Waals surface area contributed by atoms with E-state index in [-0.39, 0.29) is 33.5 Å². The number of carbonyl (C=O) groups excluding carboxylic acids is 1. The number of nitrogens with zero attached hydrogens (tertiary/aromatic N) is 1. The summed E-state index contributed by atoms with van der Waals surface area (Å²) in [6.45, 7) is 6.16. The molecule has 0 saturated carbocycles. The summed E-state index contributed by atoms with van der Waals surface area (Å²) in [6.07, 6.45) is 1.67. The highest BCUT2D eigenvalue weighted by atomic mass is 35.5. The highest BCUT2D eigenvalue weighted by Gasteiger charge is 2.24. The van der Waals surface area contributed by atoms with Gasteiger partial charge in [0.25, 0.3) is 5.91 Å². The van der Waals surface area contributed by atoms with Crippen LogP contribution in [0.2, 0.25) is 5.02 Å². The zero-order valence-electron chi connectivity index (χ0n) is 17.3. The number of hydrogen-bond acceptors (Lipinski definition) is 4. The minimum atomic E-state index is -3.70. The van der Waals surface area contributed by atoms with Gasteiger partial charge in [0.15, 0.2) is 0 Å². The normalized spacial score (nSPS) is 16.0. The molecule has 1 aliphatic heterocycles. The minimum Gasteiger partial charge on any atom is -0.349 e. The number of piperidine rings is 1. The molecule has 1 saturated heterocycles. The van der Waals surface area contributed by atoms with Gasteiger partial charge in [-0.1, -0.05) is 41.9 Å². The van der Waals surface area contributed by atoms with Crippen LogP contribution in [0.1, 0.15) is 42.6 Å². The van der Waals surface area contributed by atoms with E-state index in [1.165, 1.54) is 23.8 Å². The van der Waals surface area contributed by atoms with E-state index in [1.54, 1.807) is 13.8 Å². The van der Waals surface area contributed by atoms with Gasteiger partial charge in [0, 0.05) is 31.7 Å². The molecule has 2 N–H and O–H groups in total. The Morgan fingerprint density at radius 3 is 2.43 bits per heavy atom. The topological polar surface area (TPSA) is 78.5 Å². The third-order valence-electron chi connectivity index (χ3n) is 5.06. The standard InChI is InChI=1S/C22H28ClN3O3S/c1-16(2)25-30(28,29)19-8-9-21(23)20(14-19)22(27)24-18-10-12-26(13-11-18)15-17-6-4-3-5-7-17/h3-9,14,16,18,25H,10-13,15H2,1-2H3,(H,24,27). The van der Waals surface area contributed by atoms with Crippen LogP contribution in [0.25, 0.3) is 0 Å². The molecular formula is C22H28ClN3O3S. The van der Waals surface area contributed by atoms with E-state index < -0.39 is 10.0 Å². The molecule has 2 aromatic rings. The quantitative estimate of drug-likeness (QED) is 0.678. The van der Waals surface area contributed by atoms with Crippen molar-refractivity contribution in [3.05, 3.63) is 64.7 Å². The summed E-state index contributed by atoms with van der Waals surface area (Å²) in [5, 5.41) is 3.25. The highest BCUT2D eigenvalue weighted by molar-refractivity contribution is 7.89. The second-order valence-corrected chi connectivity index (χ2v) is 10.0. The monoisotopic (exact) mass is 449 g/mol. The fourth-order valence-corrected chi connectivity index (χ4v) is 5.04. The summed E-state index contributed by atoms with van der Waals surface area (Å²) >= 11 is 6.19. The van der Waals surface area contributed by atoms with Crippen LogP contribution in [0, 0.1) is 0 Å².